The quantitative estimate of drug-likeness (QED) is 0.860. The van der Waals surface area contributed by atoms with E-state index >= 15 is 0 Å². The summed E-state index contributed by atoms with van der Waals surface area (Å²) in [5, 5.41) is 2.87. The van der Waals surface area contributed by atoms with Crippen molar-refractivity contribution < 1.29 is 9.18 Å². The molecule has 0 aliphatic heterocycles. The van der Waals surface area contributed by atoms with Gasteiger partial charge in [-0.1, -0.05) is 24.6 Å². The minimum atomic E-state index is -0.417. The minimum absolute atomic E-state index is 0.0491. The maximum absolute atomic E-state index is 13.6. The number of hydrogen-bond donors (Lipinski definition) is 2. The standard InChI is InChI=1S/C14H19FN2O/c1-10(11-5-2-3-6-12(11)15)17-13(18)14(9-16)7-4-8-14/h2-3,5-6,10H,4,7-9,16H2,1H3,(H,17,18). The molecule has 1 aliphatic carbocycles. The molecule has 0 spiro atoms. The van der Waals surface area contributed by atoms with Crippen molar-refractivity contribution >= 4 is 5.91 Å². The summed E-state index contributed by atoms with van der Waals surface area (Å²) >= 11 is 0. The predicted molar refractivity (Wildman–Crippen MR) is 68.3 cm³/mol. The van der Waals surface area contributed by atoms with Crippen LogP contribution in [0.4, 0.5) is 4.39 Å². The van der Waals surface area contributed by atoms with Crippen molar-refractivity contribution in [3.63, 3.8) is 0 Å². The topological polar surface area (TPSA) is 55.1 Å². The Kier molecular flexibility index (Phi) is 3.66. The fraction of sp³-hybridized carbons (Fsp3) is 0.500. The highest BCUT2D eigenvalue weighted by Crippen LogP contribution is 2.40. The number of halogens is 1. The van der Waals surface area contributed by atoms with Crippen LogP contribution in [0.15, 0.2) is 24.3 Å². The van der Waals surface area contributed by atoms with Gasteiger partial charge in [-0.2, -0.15) is 0 Å². The van der Waals surface area contributed by atoms with E-state index in [4.69, 9.17) is 5.73 Å². The summed E-state index contributed by atoms with van der Waals surface area (Å²) < 4.78 is 13.6. The first-order chi connectivity index (χ1) is 8.59. The molecule has 1 amide bonds. The number of nitrogens with two attached hydrogens (primary N) is 1. The summed E-state index contributed by atoms with van der Waals surface area (Å²) in [6.07, 6.45) is 2.71. The van der Waals surface area contributed by atoms with Crippen molar-refractivity contribution in [2.75, 3.05) is 6.54 Å². The number of carbonyl (C=O) groups is 1. The Morgan fingerprint density at radius 2 is 2.17 bits per heavy atom. The van der Waals surface area contributed by atoms with Crippen LogP contribution in [-0.4, -0.2) is 12.5 Å². The lowest BCUT2D eigenvalue weighted by molar-refractivity contribution is -0.135. The molecule has 0 aromatic heterocycles. The van der Waals surface area contributed by atoms with E-state index in [2.05, 4.69) is 5.32 Å². The Hall–Kier alpha value is -1.42. The smallest absolute Gasteiger partial charge is 0.227 e. The molecule has 0 radical (unpaired) electrons. The van der Waals surface area contributed by atoms with Crippen LogP contribution in [0.1, 0.15) is 37.8 Å². The van der Waals surface area contributed by atoms with E-state index in [0.29, 0.717) is 12.1 Å². The highest BCUT2D eigenvalue weighted by Gasteiger charge is 2.43. The van der Waals surface area contributed by atoms with Crippen molar-refractivity contribution in [3.05, 3.63) is 35.6 Å². The van der Waals surface area contributed by atoms with E-state index < -0.39 is 5.41 Å². The van der Waals surface area contributed by atoms with E-state index in [-0.39, 0.29) is 17.8 Å². The maximum atomic E-state index is 13.6. The average Bonchev–Trinajstić information content (AvgIpc) is 2.28. The molecule has 1 fully saturated rings. The first-order valence-corrected chi connectivity index (χ1v) is 6.34. The Bertz CT molecular complexity index is 438. The van der Waals surface area contributed by atoms with Crippen molar-refractivity contribution in [1.82, 2.24) is 5.32 Å². The molecule has 98 valence electrons. The monoisotopic (exact) mass is 250 g/mol. The van der Waals surface area contributed by atoms with Gasteiger partial charge in [-0.3, -0.25) is 4.79 Å². The lowest BCUT2D eigenvalue weighted by atomic mass is 9.68. The van der Waals surface area contributed by atoms with Gasteiger partial charge >= 0.3 is 0 Å². The van der Waals surface area contributed by atoms with Gasteiger partial charge in [0.2, 0.25) is 5.91 Å². The fourth-order valence-electron chi connectivity index (χ4n) is 2.38. The molecule has 1 atom stereocenters. The molecule has 1 saturated carbocycles. The highest BCUT2D eigenvalue weighted by atomic mass is 19.1. The van der Waals surface area contributed by atoms with E-state index in [0.717, 1.165) is 19.3 Å². The molecular weight excluding hydrogens is 231 g/mol. The normalized spacial score (nSPS) is 18.8. The summed E-state index contributed by atoms with van der Waals surface area (Å²) in [6.45, 7) is 2.15. The molecule has 3 N–H and O–H groups in total. The van der Waals surface area contributed by atoms with E-state index in [1.807, 2.05) is 0 Å². The molecule has 1 aromatic rings. The Balaban J connectivity index is 2.06. The SMILES string of the molecule is CC(NC(=O)C1(CN)CCC1)c1ccccc1F. The molecule has 2 rings (SSSR count). The number of rotatable bonds is 4. The van der Waals surface area contributed by atoms with Crippen molar-refractivity contribution in [3.8, 4) is 0 Å². The summed E-state index contributed by atoms with van der Waals surface area (Å²) in [5.41, 5.74) is 5.77. The van der Waals surface area contributed by atoms with Gasteiger partial charge in [-0.05, 0) is 25.8 Å². The van der Waals surface area contributed by atoms with Gasteiger partial charge in [0.15, 0.2) is 0 Å². The molecule has 0 saturated heterocycles. The third-order valence-corrected chi connectivity index (χ3v) is 3.90. The summed E-state index contributed by atoms with van der Waals surface area (Å²) in [5.74, 6) is -0.340. The zero-order valence-electron chi connectivity index (χ0n) is 10.6. The second-order valence-electron chi connectivity index (χ2n) is 5.05. The molecule has 1 aromatic carbocycles. The molecule has 0 bridgehead atoms. The first-order valence-electron chi connectivity index (χ1n) is 6.34. The maximum Gasteiger partial charge on any atom is 0.227 e. The molecular formula is C14H19FN2O. The zero-order valence-corrected chi connectivity index (χ0v) is 10.6. The van der Waals surface area contributed by atoms with Gasteiger partial charge < -0.3 is 11.1 Å². The Morgan fingerprint density at radius 1 is 1.50 bits per heavy atom. The van der Waals surface area contributed by atoms with Crippen LogP contribution in [0.25, 0.3) is 0 Å². The molecule has 1 aliphatic rings. The van der Waals surface area contributed by atoms with Gasteiger partial charge in [-0.15, -0.1) is 0 Å². The summed E-state index contributed by atoms with van der Waals surface area (Å²) in [7, 11) is 0. The van der Waals surface area contributed by atoms with Crippen LogP contribution in [0, 0.1) is 11.2 Å². The zero-order chi connectivity index (χ0) is 13.2. The summed E-state index contributed by atoms with van der Waals surface area (Å²) in [4.78, 5) is 12.2. The lowest BCUT2D eigenvalue weighted by Crippen LogP contribution is -2.50. The van der Waals surface area contributed by atoms with Crippen LogP contribution in [-0.2, 0) is 4.79 Å². The van der Waals surface area contributed by atoms with Crippen LogP contribution in [0.5, 0.6) is 0 Å². The number of nitrogens with one attached hydrogen (secondary N) is 1. The van der Waals surface area contributed by atoms with Crippen molar-refractivity contribution in [2.24, 2.45) is 11.1 Å². The third-order valence-electron chi connectivity index (χ3n) is 3.90. The predicted octanol–water partition coefficient (Wildman–Crippen LogP) is 2.13. The molecule has 18 heavy (non-hydrogen) atoms. The number of hydrogen-bond acceptors (Lipinski definition) is 2. The Morgan fingerprint density at radius 3 is 2.67 bits per heavy atom. The van der Waals surface area contributed by atoms with Crippen molar-refractivity contribution in [2.45, 2.75) is 32.2 Å². The number of benzene rings is 1. The molecule has 4 heteroatoms. The molecule has 3 nitrogen and oxygen atoms in total. The lowest BCUT2D eigenvalue weighted by Gasteiger charge is -2.39. The summed E-state index contributed by atoms with van der Waals surface area (Å²) in [6, 6.07) is 6.17. The van der Waals surface area contributed by atoms with E-state index in [1.54, 1.807) is 25.1 Å². The van der Waals surface area contributed by atoms with E-state index in [9.17, 15) is 9.18 Å². The van der Waals surface area contributed by atoms with Gasteiger partial charge in [0.25, 0.3) is 0 Å². The van der Waals surface area contributed by atoms with Gasteiger partial charge in [0.1, 0.15) is 5.82 Å². The van der Waals surface area contributed by atoms with Crippen molar-refractivity contribution in [1.29, 1.82) is 0 Å². The first kappa shape index (κ1) is 13.0. The van der Waals surface area contributed by atoms with Crippen LogP contribution in [0.2, 0.25) is 0 Å². The third kappa shape index (κ3) is 2.25. The van der Waals surface area contributed by atoms with Crippen LogP contribution in [0.3, 0.4) is 0 Å². The number of carbonyl (C=O) groups excluding carboxylic acids is 1. The van der Waals surface area contributed by atoms with Crippen LogP contribution < -0.4 is 11.1 Å². The highest BCUT2D eigenvalue weighted by molar-refractivity contribution is 5.84. The second-order valence-corrected chi connectivity index (χ2v) is 5.05. The van der Waals surface area contributed by atoms with Gasteiger partial charge in [0.05, 0.1) is 11.5 Å². The fourth-order valence-corrected chi connectivity index (χ4v) is 2.38. The minimum Gasteiger partial charge on any atom is -0.349 e. The largest absolute Gasteiger partial charge is 0.349 e. The number of amides is 1. The average molecular weight is 250 g/mol. The van der Waals surface area contributed by atoms with Gasteiger partial charge in [-0.25, -0.2) is 4.39 Å². The molecule has 0 heterocycles. The second kappa shape index (κ2) is 5.06. The van der Waals surface area contributed by atoms with Gasteiger partial charge in [0, 0.05) is 12.1 Å². The molecule has 1 unspecified atom stereocenters. The Labute approximate surface area is 107 Å². The van der Waals surface area contributed by atoms with Crippen LogP contribution >= 0.6 is 0 Å². The van der Waals surface area contributed by atoms with E-state index in [1.165, 1.54) is 6.07 Å².